The number of piperidine rings is 1. The largest absolute Gasteiger partial charge is 0.490 e. The van der Waals surface area contributed by atoms with Gasteiger partial charge in [0.25, 0.3) is 0 Å². The van der Waals surface area contributed by atoms with Crippen molar-refractivity contribution >= 4 is 18.3 Å². The van der Waals surface area contributed by atoms with Gasteiger partial charge < -0.3 is 15.0 Å². The zero-order valence-electron chi connectivity index (χ0n) is 12.6. The SMILES string of the molecule is CNCCCC(=O)N1CCC(Oc2ccccc2)CC1.Cl. The molecule has 0 bridgehead atoms. The normalized spacial score (nSPS) is 15.4. The first-order chi connectivity index (χ1) is 9.79. The van der Waals surface area contributed by atoms with Crippen LogP contribution in [0.4, 0.5) is 0 Å². The average molecular weight is 313 g/mol. The topological polar surface area (TPSA) is 41.6 Å². The number of hydrogen-bond acceptors (Lipinski definition) is 3. The Kier molecular flexibility index (Phi) is 8.16. The number of nitrogens with zero attached hydrogens (tertiary/aromatic N) is 1. The molecule has 0 aliphatic carbocycles. The Morgan fingerprint density at radius 1 is 1.29 bits per heavy atom. The molecule has 2 rings (SSSR count). The first-order valence-electron chi connectivity index (χ1n) is 7.43. The molecule has 1 aromatic rings. The Morgan fingerprint density at radius 3 is 2.57 bits per heavy atom. The second kappa shape index (κ2) is 9.64. The van der Waals surface area contributed by atoms with Crippen molar-refractivity contribution in [3.05, 3.63) is 30.3 Å². The molecule has 5 heteroatoms. The van der Waals surface area contributed by atoms with Crippen molar-refractivity contribution in [1.29, 1.82) is 0 Å². The number of halogens is 1. The number of carbonyl (C=O) groups excluding carboxylic acids is 1. The zero-order chi connectivity index (χ0) is 14.2. The Bertz CT molecular complexity index is 406. The molecule has 4 nitrogen and oxygen atoms in total. The second-order valence-electron chi connectivity index (χ2n) is 5.22. The highest BCUT2D eigenvalue weighted by Crippen LogP contribution is 2.19. The first-order valence-corrected chi connectivity index (χ1v) is 7.43. The van der Waals surface area contributed by atoms with E-state index in [-0.39, 0.29) is 24.4 Å². The predicted octanol–water partition coefficient (Wildman–Crippen LogP) is 2.48. The van der Waals surface area contributed by atoms with Crippen LogP contribution < -0.4 is 10.1 Å². The minimum atomic E-state index is 0. The van der Waals surface area contributed by atoms with E-state index in [0.717, 1.165) is 44.6 Å². The molecule has 1 aliphatic rings. The number of benzene rings is 1. The zero-order valence-corrected chi connectivity index (χ0v) is 13.4. The van der Waals surface area contributed by atoms with Crippen molar-refractivity contribution in [2.24, 2.45) is 0 Å². The third kappa shape index (κ3) is 5.94. The monoisotopic (exact) mass is 312 g/mol. The van der Waals surface area contributed by atoms with Gasteiger partial charge >= 0.3 is 0 Å². The highest BCUT2D eigenvalue weighted by atomic mass is 35.5. The number of amides is 1. The number of nitrogens with one attached hydrogen (secondary N) is 1. The van der Waals surface area contributed by atoms with Crippen molar-refractivity contribution in [2.75, 3.05) is 26.7 Å². The van der Waals surface area contributed by atoms with Gasteiger partial charge in [-0.1, -0.05) is 18.2 Å². The fraction of sp³-hybridized carbons (Fsp3) is 0.562. The first kappa shape index (κ1) is 17.8. The molecule has 1 amide bonds. The lowest BCUT2D eigenvalue weighted by Gasteiger charge is -2.32. The third-order valence-electron chi connectivity index (χ3n) is 3.66. The molecule has 1 saturated heterocycles. The van der Waals surface area contributed by atoms with Crippen LogP contribution in [0.25, 0.3) is 0 Å². The van der Waals surface area contributed by atoms with E-state index in [0.29, 0.717) is 6.42 Å². The molecule has 21 heavy (non-hydrogen) atoms. The van der Waals surface area contributed by atoms with Crippen LogP contribution >= 0.6 is 12.4 Å². The molecule has 0 radical (unpaired) electrons. The molecule has 0 unspecified atom stereocenters. The van der Waals surface area contributed by atoms with Crippen LogP contribution in [0.1, 0.15) is 25.7 Å². The van der Waals surface area contributed by atoms with E-state index in [2.05, 4.69) is 5.32 Å². The van der Waals surface area contributed by atoms with Gasteiger partial charge in [0.05, 0.1) is 0 Å². The molecule has 118 valence electrons. The van der Waals surface area contributed by atoms with Crippen LogP contribution in [0.15, 0.2) is 30.3 Å². The number of ether oxygens (including phenoxy) is 1. The van der Waals surface area contributed by atoms with Crippen LogP contribution in [0.5, 0.6) is 5.75 Å². The Balaban J connectivity index is 0.00000220. The molecule has 1 aromatic carbocycles. The van der Waals surface area contributed by atoms with Gasteiger partial charge in [-0.3, -0.25) is 4.79 Å². The van der Waals surface area contributed by atoms with E-state index >= 15 is 0 Å². The minimum absolute atomic E-state index is 0. The van der Waals surface area contributed by atoms with E-state index in [4.69, 9.17) is 4.74 Å². The van der Waals surface area contributed by atoms with Gasteiger partial charge in [-0.2, -0.15) is 0 Å². The molecule has 0 aromatic heterocycles. The van der Waals surface area contributed by atoms with Gasteiger partial charge in [0.15, 0.2) is 0 Å². The summed E-state index contributed by atoms with van der Waals surface area (Å²) >= 11 is 0. The standard InChI is InChI=1S/C16H24N2O2.ClH/c1-17-11-5-8-16(19)18-12-9-15(10-13-18)20-14-6-3-2-4-7-14;/h2-4,6-7,15,17H,5,8-13H2,1H3;1H. The summed E-state index contributed by atoms with van der Waals surface area (Å²) in [6.45, 7) is 2.53. The van der Waals surface area contributed by atoms with Crippen molar-refractivity contribution in [3.8, 4) is 5.75 Å². The van der Waals surface area contributed by atoms with E-state index in [9.17, 15) is 4.79 Å². The van der Waals surface area contributed by atoms with Gasteiger partial charge in [-0.15, -0.1) is 12.4 Å². The lowest BCUT2D eigenvalue weighted by Crippen LogP contribution is -2.41. The lowest BCUT2D eigenvalue weighted by atomic mass is 10.1. The smallest absolute Gasteiger partial charge is 0.222 e. The van der Waals surface area contributed by atoms with E-state index in [1.54, 1.807) is 0 Å². The van der Waals surface area contributed by atoms with Gasteiger partial charge in [0.1, 0.15) is 11.9 Å². The number of rotatable bonds is 6. The van der Waals surface area contributed by atoms with Gasteiger partial charge in [-0.05, 0) is 32.1 Å². The Morgan fingerprint density at radius 2 is 1.95 bits per heavy atom. The van der Waals surface area contributed by atoms with E-state index in [1.807, 2.05) is 42.3 Å². The van der Waals surface area contributed by atoms with E-state index < -0.39 is 0 Å². The second-order valence-corrected chi connectivity index (χ2v) is 5.22. The molecule has 0 atom stereocenters. The number of likely N-dealkylation sites (tertiary alicyclic amines) is 1. The van der Waals surface area contributed by atoms with Gasteiger partial charge in [-0.25, -0.2) is 0 Å². The molecule has 1 heterocycles. The average Bonchev–Trinajstić information content (AvgIpc) is 2.49. The highest BCUT2D eigenvalue weighted by molar-refractivity contribution is 5.85. The summed E-state index contributed by atoms with van der Waals surface area (Å²) in [5.41, 5.74) is 0. The van der Waals surface area contributed by atoms with Crippen LogP contribution in [0.3, 0.4) is 0 Å². The van der Waals surface area contributed by atoms with Crippen molar-refractivity contribution in [3.63, 3.8) is 0 Å². The summed E-state index contributed by atoms with van der Waals surface area (Å²) in [6.07, 6.45) is 3.64. The minimum Gasteiger partial charge on any atom is -0.490 e. The molecular formula is C16H25ClN2O2. The van der Waals surface area contributed by atoms with Crippen molar-refractivity contribution in [2.45, 2.75) is 31.8 Å². The summed E-state index contributed by atoms with van der Waals surface area (Å²) in [5.74, 6) is 1.20. The summed E-state index contributed by atoms with van der Waals surface area (Å²) in [7, 11) is 1.91. The Hall–Kier alpha value is -1.26. The maximum atomic E-state index is 12.0. The molecule has 1 aliphatic heterocycles. The summed E-state index contributed by atoms with van der Waals surface area (Å²) in [5, 5.41) is 3.07. The fourth-order valence-electron chi connectivity index (χ4n) is 2.49. The fourth-order valence-corrected chi connectivity index (χ4v) is 2.49. The van der Waals surface area contributed by atoms with Crippen LogP contribution in [-0.4, -0.2) is 43.6 Å². The van der Waals surface area contributed by atoms with Crippen LogP contribution in [-0.2, 0) is 4.79 Å². The number of hydrogen-bond donors (Lipinski definition) is 1. The van der Waals surface area contributed by atoms with Crippen molar-refractivity contribution in [1.82, 2.24) is 10.2 Å². The quantitative estimate of drug-likeness (QED) is 0.821. The number of para-hydroxylation sites is 1. The number of carbonyl (C=O) groups is 1. The van der Waals surface area contributed by atoms with E-state index in [1.165, 1.54) is 0 Å². The van der Waals surface area contributed by atoms with Crippen LogP contribution in [0, 0.1) is 0 Å². The summed E-state index contributed by atoms with van der Waals surface area (Å²) < 4.78 is 5.93. The maximum absolute atomic E-state index is 12.0. The third-order valence-corrected chi connectivity index (χ3v) is 3.66. The van der Waals surface area contributed by atoms with Crippen molar-refractivity contribution < 1.29 is 9.53 Å². The predicted molar refractivity (Wildman–Crippen MR) is 87.1 cm³/mol. The highest BCUT2D eigenvalue weighted by Gasteiger charge is 2.23. The molecule has 0 saturated carbocycles. The Labute approximate surface area is 133 Å². The van der Waals surface area contributed by atoms with Gasteiger partial charge in [0, 0.05) is 32.4 Å². The molecular weight excluding hydrogens is 288 g/mol. The van der Waals surface area contributed by atoms with Gasteiger partial charge in [0.2, 0.25) is 5.91 Å². The lowest BCUT2D eigenvalue weighted by molar-refractivity contribution is -0.133. The summed E-state index contributed by atoms with van der Waals surface area (Å²) in [4.78, 5) is 14.0. The molecule has 1 N–H and O–H groups in total. The summed E-state index contributed by atoms with van der Waals surface area (Å²) in [6, 6.07) is 9.91. The maximum Gasteiger partial charge on any atom is 0.222 e. The molecule has 0 spiro atoms. The van der Waals surface area contributed by atoms with Crippen LogP contribution in [0.2, 0.25) is 0 Å². The molecule has 1 fully saturated rings.